The second-order valence-electron chi connectivity index (χ2n) is 4.92. The van der Waals surface area contributed by atoms with Crippen LogP contribution in [0.5, 0.6) is 17.5 Å². The van der Waals surface area contributed by atoms with Crippen molar-refractivity contribution in [2.24, 2.45) is 0 Å². The van der Waals surface area contributed by atoms with E-state index >= 15 is 0 Å². The maximum Gasteiger partial charge on any atom is 0.302 e. The predicted octanol–water partition coefficient (Wildman–Crippen LogP) is 1.68. The topological polar surface area (TPSA) is 102 Å². The smallest absolute Gasteiger partial charge is 0.302 e. The molecule has 130 valence electrons. The zero-order valence-corrected chi connectivity index (χ0v) is 14.7. The number of hydrogen-bond donors (Lipinski definition) is 1. The molecule has 25 heavy (non-hydrogen) atoms. The summed E-state index contributed by atoms with van der Waals surface area (Å²) in [6.07, 6.45) is 0. The van der Waals surface area contributed by atoms with Gasteiger partial charge in [0.2, 0.25) is 11.8 Å². The summed E-state index contributed by atoms with van der Waals surface area (Å²) < 4.78 is 15.8. The molecule has 1 atom stereocenters. The predicted molar refractivity (Wildman–Crippen MR) is 92.9 cm³/mol. The number of nitrogens with zero attached hydrogens (tertiary/aromatic N) is 2. The Labute approximate surface area is 147 Å². The molecule has 0 saturated carbocycles. The number of carbonyl (C=O) groups is 1. The lowest BCUT2D eigenvalue weighted by molar-refractivity contribution is -0.141. The van der Waals surface area contributed by atoms with E-state index in [1.54, 1.807) is 24.3 Å². The van der Waals surface area contributed by atoms with Crippen LogP contribution in [0.4, 0.5) is 0 Å². The van der Waals surface area contributed by atoms with Crippen molar-refractivity contribution in [2.45, 2.75) is 13.5 Å². The number of aromatic nitrogens is 1. The Hall–Kier alpha value is -2.68. The Bertz CT molecular complexity index is 804. The van der Waals surface area contributed by atoms with E-state index < -0.39 is 5.97 Å². The maximum absolute atomic E-state index is 10.7. The fourth-order valence-corrected chi connectivity index (χ4v) is 2.17. The van der Waals surface area contributed by atoms with Crippen LogP contribution in [0.15, 0.2) is 30.3 Å². The van der Waals surface area contributed by atoms with Crippen LogP contribution in [0, 0.1) is 11.3 Å². The number of benzene rings is 1. The number of aliphatic hydroxyl groups is 1. The van der Waals surface area contributed by atoms with Gasteiger partial charge >= 0.3 is 5.97 Å². The van der Waals surface area contributed by atoms with Gasteiger partial charge in [-0.2, -0.15) is 10.2 Å². The number of ether oxygens (including phenoxy) is 3. The molecule has 0 bridgehead atoms. The molecule has 0 aliphatic carbocycles. The van der Waals surface area contributed by atoms with Crippen LogP contribution in [0.2, 0.25) is 0 Å². The summed E-state index contributed by atoms with van der Waals surface area (Å²) in [5.74, 6) is 0.420. The van der Waals surface area contributed by atoms with Crippen molar-refractivity contribution in [2.75, 3.05) is 13.2 Å². The van der Waals surface area contributed by atoms with Gasteiger partial charge in [0.25, 0.3) is 0 Å². The molecule has 0 fully saturated rings. The number of nitriles is 1. The number of rotatable bonds is 7. The van der Waals surface area contributed by atoms with Crippen molar-refractivity contribution >= 4 is 20.5 Å². The molecule has 1 N–H and O–H groups in total. The fraction of sp³-hybridized carbons (Fsp3) is 0.235. The van der Waals surface area contributed by atoms with Crippen molar-refractivity contribution in [1.29, 1.82) is 5.26 Å². The molecule has 1 aromatic carbocycles. The van der Waals surface area contributed by atoms with Crippen LogP contribution < -0.4 is 14.8 Å². The highest BCUT2D eigenvalue weighted by Crippen LogP contribution is 2.25. The first kappa shape index (κ1) is 18.7. The van der Waals surface area contributed by atoms with Crippen LogP contribution in [0.1, 0.15) is 18.1 Å². The number of hydrogen-bond acceptors (Lipinski definition) is 7. The van der Waals surface area contributed by atoms with Crippen LogP contribution in [-0.2, 0) is 16.1 Å². The lowest BCUT2D eigenvalue weighted by Gasteiger charge is -2.11. The number of esters is 1. The van der Waals surface area contributed by atoms with Gasteiger partial charge in [-0.15, -0.1) is 9.24 Å². The first-order chi connectivity index (χ1) is 12.0. The standard InChI is InChI=1S/C17H17N2O5P/c1-11(21)22-6-7-23-17-12(9-18)2-5-16(19-17)24-14-3-4-15(25)13(8-14)10-20/h2-5,8,20H,6-7,10,25H2,1H3. The first-order valence-corrected chi connectivity index (χ1v) is 7.95. The fourth-order valence-electron chi connectivity index (χ4n) is 1.90. The zero-order chi connectivity index (χ0) is 18.2. The molecular formula is C17H17N2O5P. The molecule has 0 radical (unpaired) electrons. The van der Waals surface area contributed by atoms with E-state index in [4.69, 9.17) is 19.5 Å². The third-order valence-electron chi connectivity index (χ3n) is 3.09. The van der Waals surface area contributed by atoms with E-state index in [1.165, 1.54) is 13.0 Å². The number of aliphatic hydroxyl groups excluding tert-OH is 1. The Morgan fingerprint density at radius 3 is 2.80 bits per heavy atom. The van der Waals surface area contributed by atoms with E-state index in [9.17, 15) is 9.90 Å². The molecule has 0 spiro atoms. The Balaban J connectivity index is 2.12. The van der Waals surface area contributed by atoms with Gasteiger partial charge in [-0.1, -0.05) is 6.07 Å². The molecular weight excluding hydrogens is 343 g/mol. The summed E-state index contributed by atoms with van der Waals surface area (Å²) >= 11 is 0. The Morgan fingerprint density at radius 2 is 2.12 bits per heavy atom. The summed E-state index contributed by atoms with van der Waals surface area (Å²) in [6, 6.07) is 10.3. The lowest BCUT2D eigenvalue weighted by Crippen LogP contribution is -2.11. The van der Waals surface area contributed by atoms with Crippen LogP contribution >= 0.6 is 9.24 Å². The van der Waals surface area contributed by atoms with Crippen molar-refractivity contribution in [3.8, 4) is 23.6 Å². The normalized spacial score (nSPS) is 10.0. The highest BCUT2D eigenvalue weighted by atomic mass is 31.0. The van der Waals surface area contributed by atoms with Gasteiger partial charge in [0.15, 0.2) is 0 Å². The largest absolute Gasteiger partial charge is 0.473 e. The van der Waals surface area contributed by atoms with Gasteiger partial charge < -0.3 is 19.3 Å². The van der Waals surface area contributed by atoms with Crippen molar-refractivity contribution in [3.63, 3.8) is 0 Å². The molecule has 0 aliphatic rings. The van der Waals surface area contributed by atoms with Gasteiger partial charge in [0.1, 0.15) is 30.6 Å². The minimum atomic E-state index is -0.411. The Kier molecular flexibility index (Phi) is 6.70. The molecule has 0 aliphatic heterocycles. The second kappa shape index (κ2) is 8.97. The van der Waals surface area contributed by atoms with E-state index in [1.807, 2.05) is 6.07 Å². The van der Waals surface area contributed by atoms with E-state index in [0.29, 0.717) is 11.3 Å². The molecule has 1 aromatic heterocycles. The highest BCUT2D eigenvalue weighted by Gasteiger charge is 2.10. The highest BCUT2D eigenvalue weighted by molar-refractivity contribution is 7.27. The van der Waals surface area contributed by atoms with E-state index in [-0.39, 0.29) is 37.1 Å². The van der Waals surface area contributed by atoms with Crippen molar-refractivity contribution in [3.05, 3.63) is 41.5 Å². The van der Waals surface area contributed by atoms with Crippen molar-refractivity contribution < 1.29 is 24.1 Å². The van der Waals surface area contributed by atoms with E-state index in [2.05, 4.69) is 14.2 Å². The monoisotopic (exact) mass is 360 g/mol. The molecule has 1 heterocycles. The molecule has 0 saturated heterocycles. The summed E-state index contributed by atoms with van der Waals surface area (Å²) in [6.45, 7) is 1.32. The van der Waals surface area contributed by atoms with Crippen LogP contribution in [0.3, 0.4) is 0 Å². The molecule has 0 amide bonds. The maximum atomic E-state index is 10.7. The summed E-state index contributed by atoms with van der Waals surface area (Å²) in [4.78, 5) is 14.9. The number of carbonyl (C=O) groups excluding carboxylic acids is 1. The second-order valence-corrected chi connectivity index (χ2v) is 5.55. The van der Waals surface area contributed by atoms with Gasteiger partial charge in [0, 0.05) is 13.0 Å². The quantitative estimate of drug-likeness (QED) is 0.455. The summed E-state index contributed by atoms with van der Waals surface area (Å²) in [7, 11) is 2.53. The van der Waals surface area contributed by atoms with Gasteiger partial charge in [-0.25, -0.2) is 0 Å². The third kappa shape index (κ3) is 5.42. The van der Waals surface area contributed by atoms with Gasteiger partial charge in [0.05, 0.1) is 6.61 Å². The molecule has 1 unspecified atom stereocenters. The zero-order valence-electron chi connectivity index (χ0n) is 13.6. The van der Waals surface area contributed by atoms with Crippen molar-refractivity contribution in [1.82, 2.24) is 4.98 Å². The minimum Gasteiger partial charge on any atom is -0.473 e. The minimum absolute atomic E-state index is 0.0580. The molecule has 7 nitrogen and oxygen atoms in total. The summed E-state index contributed by atoms with van der Waals surface area (Å²) in [5.41, 5.74) is 0.959. The van der Waals surface area contributed by atoms with E-state index in [0.717, 1.165) is 5.30 Å². The average Bonchev–Trinajstić information content (AvgIpc) is 2.60. The Morgan fingerprint density at radius 1 is 1.32 bits per heavy atom. The van der Waals surface area contributed by atoms with Crippen LogP contribution in [0.25, 0.3) is 0 Å². The van der Waals surface area contributed by atoms with Crippen LogP contribution in [-0.4, -0.2) is 29.3 Å². The lowest BCUT2D eigenvalue weighted by atomic mass is 10.2. The third-order valence-corrected chi connectivity index (χ3v) is 3.65. The van der Waals surface area contributed by atoms with Gasteiger partial charge in [-0.3, -0.25) is 4.79 Å². The number of pyridine rings is 1. The molecule has 2 rings (SSSR count). The summed E-state index contributed by atoms with van der Waals surface area (Å²) in [5, 5.41) is 19.3. The average molecular weight is 360 g/mol. The van der Waals surface area contributed by atoms with Gasteiger partial charge in [-0.05, 0) is 29.1 Å². The molecule has 2 aromatic rings. The first-order valence-electron chi connectivity index (χ1n) is 7.38. The SMILES string of the molecule is CC(=O)OCCOc1nc(Oc2ccc(P)c(CO)c2)ccc1C#N. The molecule has 8 heteroatoms.